The Kier molecular flexibility index (Phi) is 4.22. The Morgan fingerprint density at radius 3 is 2.95 bits per heavy atom. The fraction of sp³-hybridized carbons (Fsp3) is 0.125. The summed E-state index contributed by atoms with van der Waals surface area (Å²) in [6.07, 6.45) is 4.95. The maximum Gasteiger partial charge on any atom is 0.246 e. The third-order valence-electron chi connectivity index (χ3n) is 3.19. The highest BCUT2D eigenvalue weighted by Gasteiger charge is 2.09. The maximum atomic E-state index is 12.1. The minimum absolute atomic E-state index is 0.0337. The van der Waals surface area contributed by atoms with Gasteiger partial charge < -0.3 is 10.6 Å². The first-order valence-electron chi connectivity index (χ1n) is 6.72. The Morgan fingerprint density at radius 2 is 2.23 bits per heavy atom. The SMILES string of the molecule is CN(Cc1cc2sccc2s1)C(=O)/C=C/c1ccc(N)nc1. The predicted octanol–water partition coefficient (Wildman–Crippen LogP) is 3.61. The standard InChI is InChI=1S/C16H15N3OS2/c1-19(10-12-8-14-13(22-12)6-7-21-14)16(20)5-3-11-2-4-15(17)18-9-11/h2-9H,10H2,1H3,(H2,17,18)/b5-3+. The van der Waals surface area contributed by atoms with Crippen molar-refractivity contribution in [3.8, 4) is 0 Å². The fourth-order valence-electron chi connectivity index (χ4n) is 2.02. The van der Waals surface area contributed by atoms with Crippen LogP contribution in [0.15, 0.2) is 41.9 Å². The molecule has 0 aromatic carbocycles. The molecule has 0 aliphatic carbocycles. The van der Waals surface area contributed by atoms with Gasteiger partial charge in [-0.25, -0.2) is 4.98 Å². The topological polar surface area (TPSA) is 59.2 Å². The molecular weight excluding hydrogens is 314 g/mol. The van der Waals surface area contributed by atoms with E-state index < -0.39 is 0 Å². The van der Waals surface area contributed by atoms with Crippen LogP contribution in [0.4, 0.5) is 5.82 Å². The monoisotopic (exact) mass is 329 g/mol. The number of rotatable bonds is 4. The number of nitrogen functional groups attached to an aromatic ring is 1. The molecule has 0 aliphatic heterocycles. The molecule has 0 fully saturated rings. The summed E-state index contributed by atoms with van der Waals surface area (Å²) >= 11 is 3.46. The summed E-state index contributed by atoms with van der Waals surface area (Å²) in [5.74, 6) is 0.437. The van der Waals surface area contributed by atoms with Crippen LogP contribution in [-0.4, -0.2) is 22.8 Å². The van der Waals surface area contributed by atoms with Gasteiger partial charge in [0.05, 0.1) is 6.54 Å². The van der Waals surface area contributed by atoms with Crippen LogP contribution in [0.2, 0.25) is 0 Å². The quantitative estimate of drug-likeness (QED) is 0.744. The van der Waals surface area contributed by atoms with Crippen molar-refractivity contribution in [3.05, 3.63) is 52.4 Å². The molecule has 4 nitrogen and oxygen atoms in total. The van der Waals surface area contributed by atoms with Crippen molar-refractivity contribution >= 4 is 49.9 Å². The molecular formula is C16H15N3OS2. The molecule has 0 radical (unpaired) electrons. The lowest BCUT2D eigenvalue weighted by molar-refractivity contribution is -0.125. The average Bonchev–Trinajstić information content (AvgIpc) is 3.07. The Morgan fingerprint density at radius 1 is 1.36 bits per heavy atom. The van der Waals surface area contributed by atoms with E-state index in [9.17, 15) is 4.79 Å². The number of fused-ring (bicyclic) bond motifs is 1. The molecule has 22 heavy (non-hydrogen) atoms. The molecule has 0 aliphatic rings. The van der Waals surface area contributed by atoms with Gasteiger partial charge in [-0.2, -0.15) is 0 Å². The third kappa shape index (κ3) is 3.35. The average molecular weight is 329 g/mol. The van der Waals surface area contributed by atoms with Gasteiger partial charge in [0.25, 0.3) is 0 Å². The number of nitrogens with zero attached hydrogens (tertiary/aromatic N) is 2. The molecule has 112 valence electrons. The van der Waals surface area contributed by atoms with Gasteiger partial charge in [0.15, 0.2) is 0 Å². The Balaban J connectivity index is 1.63. The first-order valence-corrected chi connectivity index (χ1v) is 8.42. The van der Waals surface area contributed by atoms with Crippen molar-refractivity contribution in [3.63, 3.8) is 0 Å². The summed E-state index contributed by atoms with van der Waals surface area (Å²) in [4.78, 5) is 19.0. The summed E-state index contributed by atoms with van der Waals surface area (Å²) < 4.78 is 2.56. The molecule has 0 unspecified atom stereocenters. The van der Waals surface area contributed by atoms with Gasteiger partial charge in [0, 0.05) is 33.6 Å². The van der Waals surface area contributed by atoms with E-state index in [1.54, 1.807) is 52.0 Å². The fourth-order valence-corrected chi connectivity index (χ4v) is 4.20. The second-order valence-electron chi connectivity index (χ2n) is 4.91. The van der Waals surface area contributed by atoms with Gasteiger partial charge in [0.1, 0.15) is 5.82 Å². The van der Waals surface area contributed by atoms with Gasteiger partial charge in [-0.05, 0) is 41.3 Å². The first kappa shape index (κ1) is 14.7. The largest absolute Gasteiger partial charge is 0.384 e. The molecule has 3 aromatic rings. The van der Waals surface area contributed by atoms with Gasteiger partial charge >= 0.3 is 0 Å². The number of amides is 1. The number of anilines is 1. The summed E-state index contributed by atoms with van der Waals surface area (Å²) in [6.45, 7) is 0.620. The molecule has 0 saturated carbocycles. The van der Waals surface area contributed by atoms with Crippen LogP contribution >= 0.6 is 22.7 Å². The number of thiophene rings is 2. The minimum atomic E-state index is -0.0337. The van der Waals surface area contributed by atoms with Crippen molar-refractivity contribution in [1.82, 2.24) is 9.88 Å². The second kappa shape index (κ2) is 6.29. The number of pyridine rings is 1. The number of nitrogens with two attached hydrogens (primary N) is 1. The molecule has 0 atom stereocenters. The Labute approximate surface area is 136 Å². The Hall–Kier alpha value is -2.18. The second-order valence-corrected chi connectivity index (χ2v) is 7.02. The van der Waals surface area contributed by atoms with Gasteiger partial charge in [-0.3, -0.25) is 4.79 Å². The summed E-state index contributed by atoms with van der Waals surface area (Å²) in [6, 6.07) is 7.82. The zero-order valence-corrected chi connectivity index (χ0v) is 13.7. The molecule has 0 saturated heterocycles. The van der Waals surface area contributed by atoms with Gasteiger partial charge in [0.2, 0.25) is 5.91 Å². The molecule has 3 rings (SSSR count). The molecule has 6 heteroatoms. The highest BCUT2D eigenvalue weighted by molar-refractivity contribution is 7.26. The van der Waals surface area contributed by atoms with Gasteiger partial charge in [-0.1, -0.05) is 0 Å². The van der Waals surface area contributed by atoms with Crippen LogP contribution in [0.25, 0.3) is 15.5 Å². The van der Waals surface area contributed by atoms with E-state index in [1.807, 2.05) is 13.1 Å². The van der Waals surface area contributed by atoms with Crippen molar-refractivity contribution in [2.45, 2.75) is 6.54 Å². The van der Waals surface area contributed by atoms with Crippen molar-refractivity contribution in [2.75, 3.05) is 12.8 Å². The van der Waals surface area contributed by atoms with Crippen LogP contribution in [0.5, 0.6) is 0 Å². The number of hydrogen-bond acceptors (Lipinski definition) is 5. The Bertz CT molecular complexity index is 789. The van der Waals surface area contributed by atoms with E-state index in [0.29, 0.717) is 12.4 Å². The summed E-state index contributed by atoms with van der Waals surface area (Å²) in [7, 11) is 1.81. The molecule has 1 amide bonds. The highest BCUT2D eigenvalue weighted by Crippen LogP contribution is 2.30. The summed E-state index contributed by atoms with van der Waals surface area (Å²) in [5.41, 5.74) is 6.39. The first-order chi connectivity index (χ1) is 10.6. The number of carbonyl (C=O) groups excluding carboxylic acids is 1. The van der Waals surface area contributed by atoms with Crippen molar-refractivity contribution in [2.24, 2.45) is 0 Å². The van der Waals surface area contributed by atoms with Crippen molar-refractivity contribution < 1.29 is 4.79 Å². The molecule has 0 bridgehead atoms. The van der Waals surface area contributed by atoms with E-state index >= 15 is 0 Å². The van der Waals surface area contributed by atoms with Crippen LogP contribution in [0.1, 0.15) is 10.4 Å². The van der Waals surface area contributed by atoms with Crippen LogP contribution in [0.3, 0.4) is 0 Å². The molecule has 0 spiro atoms. The predicted molar refractivity (Wildman–Crippen MR) is 93.9 cm³/mol. The zero-order valence-electron chi connectivity index (χ0n) is 12.0. The smallest absolute Gasteiger partial charge is 0.246 e. The lowest BCUT2D eigenvalue weighted by Crippen LogP contribution is -2.23. The van der Waals surface area contributed by atoms with E-state index in [1.165, 1.54) is 14.3 Å². The number of aromatic nitrogens is 1. The van der Waals surface area contributed by atoms with E-state index in [-0.39, 0.29) is 5.91 Å². The van der Waals surface area contributed by atoms with E-state index in [2.05, 4.69) is 22.5 Å². The van der Waals surface area contributed by atoms with Gasteiger partial charge in [-0.15, -0.1) is 22.7 Å². The number of hydrogen-bond donors (Lipinski definition) is 1. The van der Waals surface area contributed by atoms with Crippen LogP contribution in [-0.2, 0) is 11.3 Å². The zero-order chi connectivity index (χ0) is 15.5. The van der Waals surface area contributed by atoms with Crippen LogP contribution < -0.4 is 5.73 Å². The lowest BCUT2D eigenvalue weighted by atomic mass is 10.2. The number of carbonyl (C=O) groups is 1. The third-order valence-corrected chi connectivity index (χ3v) is 5.27. The van der Waals surface area contributed by atoms with E-state index in [0.717, 1.165) is 5.56 Å². The maximum absolute atomic E-state index is 12.1. The highest BCUT2D eigenvalue weighted by atomic mass is 32.1. The van der Waals surface area contributed by atoms with Crippen LogP contribution in [0, 0.1) is 0 Å². The molecule has 3 heterocycles. The summed E-state index contributed by atoms with van der Waals surface area (Å²) in [5, 5.41) is 2.09. The minimum Gasteiger partial charge on any atom is -0.384 e. The normalized spacial score (nSPS) is 11.3. The molecule has 2 N–H and O–H groups in total. The molecule has 3 aromatic heterocycles. The van der Waals surface area contributed by atoms with Crippen molar-refractivity contribution in [1.29, 1.82) is 0 Å². The lowest BCUT2D eigenvalue weighted by Gasteiger charge is -2.13. The number of likely N-dealkylation sites (N-methyl/N-ethyl adjacent to an activating group) is 1. The van der Waals surface area contributed by atoms with E-state index in [4.69, 9.17) is 5.73 Å².